The summed E-state index contributed by atoms with van der Waals surface area (Å²) in [5, 5.41) is 0. The van der Waals surface area contributed by atoms with Crippen molar-refractivity contribution >= 4 is 5.97 Å². The topological polar surface area (TPSA) is 52.3 Å². The maximum Gasteiger partial charge on any atom is 0.333 e. The Morgan fingerprint density at radius 2 is 2.18 bits per heavy atom. The van der Waals surface area contributed by atoms with Gasteiger partial charge in [-0.3, -0.25) is 0 Å². The van der Waals surface area contributed by atoms with Gasteiger partial charge in [-0.2, -0.15) is 0 Å². The van der Waals surface area contributed by atoms with Crippen molar-refractivity contribution in [2.45, 2.75) is 19.8 Å². The Morgan fingerprint density at radius 1 is 1.55 bits per heavy atom. The van der Waals surface area contributed by atoms with E-state index in [9.17, 15) is 4.79 Å². The molecule has 2 N–H and O–H groups in total. The zero-order valence-corrected chi connectivity index (χ0v) is 6.93. The summed E-state index contributed by atoms with van der Waals surface area (Å²) in [5.74, 6) is -0.318. The number of esters is 1. The fraction of sp³-hybridized carbons (Fsp3) is 0.625. The molecule has 0 heterocycles. The lowest BCUT2D eigenvalue weighted by atomic mass is 10.3. The van der Waals surface area contributed by atoms with Crippen LogP contribution in [0.4, 0.5) is 0 Å². The molecule has 3 nitrogen and oxygen atoms in total. The molecule has 0 aromatic rings. The maximum absolute atomic E-state index is 10.8. The third kappa shape index (κ3) is 5.61. The van der Waals surface area contributed by atoms with Gasteiger partial charge in [0.2, 0.25) is 0 Å². The van der Waals surface area contributed by atoms with Crippen LogP contribution >= 0.6 is 0 Å². The number of ether oxygens (including phenoxy) is 1. The van der Waals surface area contributed by atoms with E-state index in [-0.39, 0.29) is 5.97 Å². The van der Waals surface area contributed by atoms with Gasteiger partial charge in [-0.15, -0.1) is 0 Å². The Morgan fingerprint density at radius 3 is 2.64 bits per heavy atom. The zero-order valence-electron chi connectivity index (χ0n) is 6.93. The van der Waals surface area contributed by atoms with Crippen molar-refractivity contribution in [3.63, 3.8) is 0 Å². The van der Waals surface area contributed by atoms with E-state index >= 15 is 0 Å². The average molecular weight is 157 g/mol. The summed E-state index contributed by atoms with van der Waals surface area (Å²) in [7, 11) is 0. The van der Waals surface area contributed by atoms with E-state index in [2.05, 4.69) is 6.58 Å². The minimum absolute atomic E-state index is 0.318. The number of nitrogens with two attached hydrogens (primary N) is 1. The Labute approximate surface area is 67.2 Å². The van der Waals surface area contributed by atoms with Gasteiger partial charge >= 0.3 is 5.97 Å². The standard InChI is InChI=1S/C8H15NO2/c1-7(2)8(10)11-6-4-3-5-9/h1,3-6,9H2,2H3. The molecule has 64 valence electrons. The van der Waals surface area contributed by atoms with Crippen molar-refractivity contribution in [3.05, 3.63) is 12.2 Å². The molecule has 0 aliphatic rings. The Bertz CT molecular complexity index is 143. The summed E-state index contributed by atoms with van der Waals surface area (Å²) >= 11 is 0. The van der Waals surface area contributed by atoms with E-state index < -0.39 is 0 Å². The van der Waals surface area contributed by atoms with Gasteiger partial charge in [0, 0.05) is 5.57 Å². The van der Waals surface area contributed by atoms with E-state index in [4.69, 9.17) is 10.5 Å². The van der Waals surface area contributed by atoms with Crippen LogP contribution in [-0.4, -0.2) is 19.1 Å². The number of unbranched alkanes of at least 4 members (excludes halogenated alkanes) is 1. The highest BCUT2D eigenvalue weighted by Crippen LogP contribution is 1.94. The molecule has 0 amide bonds. The molecule has 0 aromatic carbocycles. The highest BCUT2D eigenvalue weighted by atomic mass is 16.5. The largest absolute Gasteiger partial charge is 0.462 e. The van der Waals surface area contributed by atoms with Gasteiger partial charge in [0.1, 0.15) is 0 Å². The van der Waals surface area contributed by atoms with Gasteiger partial charge in [-0.1, -0.05) is 6.58 Å². The van der Waals surface area contributed by atoms with Crippen LogP contribution in [0.1, 0.15) is 19.8 Å². The van der Waals surface area contributed by atoms with Crippen molar-refractivity contribution < 1.29 is 9.53 Å². The van der Waals surface area contributed by atoms with Crippen LogP contribution in [-0.2, 0) is 9.53 Å². The molecule has 0 fully saturated rings. The smallest absolute Gasteiger partial charge is 0.333 e. The Hall–Kier alpha value is -0.830. The van der Waals surface area contributed by atoms with Crippen molar-refractivity contribution in [2.75, 3.05) is 13.2 Å². The van der Waals surface area contributed by atoms with Crippen molar-refractivity contribution in [1.82, 2.24) is 0 Å². The molecule has 3 heteroatoms. The molecular weight excluding hydrogens is 142 g/mol. The normalized spacial score (nSPS) is 9.27. The first kappa shape index (κ1) is 10.2. The third-order valence-corrected chi connectivity index (χ3v) is 1.18. The maximum atomic E-state index is 10.8. The second-order valence-corrected chi connectivity index (χ2v) is 2.41. The molecule has 0 unspecified atom stereocenters. The first-order valence-corrected chi connectivity index (χ1v) is 3.71. The number of hydrogen-bond donors (Lipinski definition) is 1. The van der Waals surface area contributed by atoms with Crippen molar-refractivity contribution in [2.24, 2.45) is 5.73 Å². The third-order valence-electron chi connectivity index (χ3n) is 1.18. The number of carbonyl (C=O) groups excluding carboxylic acids is 1. The molecule has 0 saturated heterocycles. The predicted octanol–water partition coefficient (Wildman–Crippen LogP) is 0.845. The van der Waals surface area contributed by atoms with Gasteiger partial charge in [0.25, 0.3) is 0 Å². The summed E-state index contributed by atoms with van der Waals surface area (Å²) in [6.45, 7) is 6.18. The van der Waals surface area contributed by atoms with Gasteiger partial charge < -0.3 is 10.5 Å². The molecular formula is C8H15NO2. The van der Waals surface area contributed by atoms with Crippen LogP contribution in [0.3, 0.4) is 0 Å². The minimum atomic E-state index is -0.318. The fourth-order valence-corrected chi connectivity index (χ4v) is 0.534. The summed E-state index contributed by atoms with van der Waals surface area (Å²) in [4.78, 5) is 10.8. The summed E-state index contributed by atoms with van der Waals surface area (Å²) in [6.07, 6.45) is 1.72. The predicted molar refractivity (Wildman–Crippen MR) is 44.1 cm³/mol. The molecule has 0 aliphatic carbocycles. The fourth-order valence-electron chi connectivity index (χ4n) is 0.534. The highest BCUT2D eigenvalue weighted by molar-refractivity contribution is 5.86. The Kier molecular flexibility index (Phi) is 5.47. The monoisotopic (exact) mass is 157 g/mol. The van der Waals surface area contributed by atoms with Gasteiger partial charge in [0.05, 0.1) is 6.61 Å². The van der Waals surface area contributed by atoms with Crippen LogP contribution in [0, 0.1) is 0 Å². The molecule has 0 saturated carbocycles. The number of hydrogen-bond acceptors (Lipinski definition) is 3. The van der Waals surface area contributed by atoms with Crippen LogP contribution in [0.2, 0.25) is 0 Å². The summed E-state index contributed by atoms with van der Waals surface area (Å²) < 4.78 is 4.81. The lowest BCUT2D eigenvalue weighted by molar-refractivity contribution is -0.139. The minimum Gasteiger partial charge on any atom is -0.462 e. The zero-order chi connectivity index (χ0) is 8.69. The lowest BCUT2D eigenvalue weighted by Crippen LogP contribution is -2.07. The van der Waals surface area contributed by atoms with Crippen LogP contribution in [0.5, 0.6) is 0 Å². The van der Waals surface area contributed by atoms with E-state index in [0.717, 1.165) is 12.8 Å². The van der Waals surface area contributed by atoms with Gasteiger partial charge in [0.15, 0.2) is 0 Å². The first-order chi connectivity index (χ1) is 5.18. The van der Waals surface area contributed by atoms with E-state index in [1.54, 1.807) is 6.92 Å². The van der Waals surface area contributed by atoms with Crippen LogP contribution in [0.25, 0.3) is 0 Å². The number of carbonyl (C=O) groups is 1. The summed E-state index contributed by atoms with van der Waals surface area (Å²) in [5.41, 5.74) is 5.69. The van der Waals surface area contributed by atoms with Crippen molar-refractivity contribution in [1.29, 1.82) is 0 Å². The van der Waals surface area contributed by atoms with Crippen LogP contribution < -0.4 is 5.73 Å². The van der Waals surface area contributed by atoms with E-state index in [0.29, 0.717) is 18.7 Å². The number of rotatable bonds is 5. The molecule has 0 rings (SSSR count). The van der Waals surface area contributed by atoms with E-state index in [1.807, 2.05) is 0 Å². The van der Waals surface area contributed by atoms with Crippen LogP contribution in [0.15, 0.2) is 12.2 Å². The molecule has 0 aliphatic heterocycles. The SMILES string of the molecule is C=C(C)C(=O)OCCCCN. The molecule has 0 atom stereocenters. The molecule has 0 radical (unpaired) electrons. The summed E-state index contributed by atoms with van der Waals surface area (Å²) in [6, 6.07) is 0. The molecule has 0 spiro atoms. The molecule has 11 heavy (non-hydrogen) atoms. The molecule has 0 bridgehead atoms. The second kappa shape index (κ2) is 5.92. The average Bonchev–Trinajstić information content (AvgIpc) is 1.97. The highest BCUT2D eigenvalue weighted by Gasteiger charge is 2.00. The van der Waals surface area contributed by atoms with Gasteiger partial charge in [-0.05, 0) is 26.3 Å². The lowest BCUT2D eigenvalue weighted by Gasteiger charge is -2.02. The Balaban J connectivity index is 3.25. The van der Waals surface area contributed by atoms with Crippen molar-refractivity contribution in [3.8, 4) is 0 Å². The second-order valence-electron chi connectivity index (χ2n) is 2.41. The first-order valence-electron chi connectivity index (χ1n) is 3.71. The quantitative estimate of drug-likeness (QED) is 0.365. The van der Waals surface area contributed by atoms with E-state index in [1.165, 1.54) is 0 Å². The van der Waals surface area contributed by atoms with Gasteiger partial charge in [-0.25, -0.2) is 4.79 Å². The molecule has 0 aromatic heterocycles.